The first-order valence-electron chi connectivity index (χ1n) is 7.63. The zero-order valence-electron chi connectivity index (χ0n) is 13.7. The summed E-state index contributed by atoms with van der Waals surface area (Å²) in [6, 6.07) is 6.83. The number of benzene rings is 2. The van der Waals surface area contributed by atoms with Gasteiger partial charge in [0.1, 0.15) is 0 Å². The average molecular weight is 497 g/mol. The van der Waals surface area contributed by atoms with Gasteiger partial charge in [-0.1, -0.05) is 11.6 Å². The van der Waals surface area contributed by atoms with Crippen LogP contribution in [0.2, 0.25) is 5.02 Å². The molecule has 2 N–H and O–H groups in total. The van der Waals surface area contributed by atoms with Crippen molar-refractivity contribution in [3.05, 3.63) is 56.1 Å². The maximum Gasteiger partial charge on any atom is 0.277 e. The molecule has 2 aromatic carbocycles. The Morgan fingerprint density at radius 1 is 1.15 bits per heavy atom. The molecule has 0 bridgehead atoms. The van der Waals surface area contributed by atoms with Gasteiger partial charge >= 0.3 is 0 Å². The highest BCUT2D eigenvalue weighted by Gasteiger charge is 2.17. The molecule has 0 saturated heterocycles. The van der Waals surface area contributed by atoms with Crippen molar-refractivity contribution < 1.29 is 23.1 Å². The summed E-state index contributed by atoms with van der Waals surface area (Å²) in [4.78, 5) is 17.2. The lowest BCUT2D eigenvalue weighted by molar-refractivity contribution is 0.00168. The van der Waals surface area contributed by atoms with E-state index in [0.717, 1.165) is 15.7 Å². The van der Waals surface area contributed by atoms with Crippen molar-refractivity contribution in [2.45, 2.75) is 6.92 Å². The maximum absolute atomic E-state index is 13.7. The molecule has 0 aliphatic heterocycles. The van der Waals surface area contributed by atoms with E-state index < -0.39 is 17.5 Å². The van der Waals surface area contributed by atoms with Crippen molar-refractivity contribution in [1.29, 1.82) is 0 Å². The van der Waals surface area contributed by atoms with Gasteiger partial charge in [-0.3, -0.25) is 9.63 Å². The summed E-state index contributed by atoms with van der Waals surface area (Å²) < 4.78 is 33.2. The molecule has 9 heteroatoms. The molecule has 0 spiro atoms. The first-order chi connectivity index (χ1) is 12.4. The van der Waals surface area contributed by atoms with Gasteiger partial charge in [0.2, 0.25) is 0 Å². The Balaban J connectivity index is 2.20. The van der Waals surface area contributed by atoms with Gasteiger partial charge in [-0.25, -0.2) is 14.3 Å². The van der Waals surface area contributed by atoms with Crippen LogP contribution >= 0.6 is 34.2 Å². The van der Waals surface area contributed by atoms with Crippen molar-refractivity contribution in [3.8, 4) is 0 Å². The molecule has 0 aliphatic rings. The van der Waals surface area contributed by atoms with Crippen LogP contribution in [0.1, 0.15) is 17.3 Å². The number of amides is 1. The summed E-state index contributed by atoms with van der Waals surface area (Å²) in [5.41, 5.74) is 2.54. The highest BCUT2D eigenvalue weighted by molar-refractivity contribution is 14.1. The average Bonchev–Trinajstić information content (AvgIpc) is 2.60. The molecule has 5 nitrogen and oxygen atoms in total. The summed E-state index contributed by atoms with van der Waals surface area (Å²) in [7, 11) is 0. The van der Waals surface area contributed by atoms with E-state index >= 15 is 0 Å². The standard InChI is InChI=1S/C17H16ClF2IN2O3/c1-2-25-5-6-26-23-17(24)11-8-13(19)14(20)9-16(11)22-15-4-3-10(21)7-12(15)18/h3-4,7-9,22H,2,5-6H2,1H3,(H,23,24). The molecule has 26 heavy (non-hydrogen) atoms. The Bertz CT molecular complexity index is 793. The van der Waals surface area contributed by atoms with Crippen LogP contribution < -0.4 is 10.8 Å². The van der Waals surface area contributed by atoms with Crippen molar-refractivity contribution in [2.24, 2.45) is 0 Å². The molecule has 2 rings (SSSR count). The van der Waals surface area contributed by atoms with Gasteiger partial charge in [-0.15, -0.1) is 0 Å². The van der Waals surface area contributed by atoms with E-state index in [9.17, 15) is 13.6 Å². The van der Waals surface area contributed by atoms with Crippen LogP contribution in [-0.2, 0) is 9.57 Å². The molecule has 0 aliphatic carbocycles. The van der Waals surface area contributed by atoms with Crippen LogP contribution in [0.25, 0.3) is 0 Å². The molecular formula is C17H16ClF2IN2O3. The highest BCUT2D eigenvalue weighted by Crippen LogP contribution is 2.30. The first-order valence-corrected chi connectivity index (χ1v) is 9.09. The quantitative estimate of drug-likeness (QED) is 0.317. The number of hydrogen-bond acceptors (Lipinski definition) is 4. The van der Waals surface area contributed by atoms with E-state index in [0.29, 0.717) is 17.3 Å². The third kappa shape index (κ3) is 5.76. The molecule has 0 atom stereocenters. The molecule has 0 heterocycles. The van der Waals surface area contributed by atoms with E-state index in [1.165, 1.54) is 0 Å². The van der Waals surface area contributed by atoms with Crippen LogP contribution in [0, 0.1) is 15.2 Å². The van der Waals surface area contributed by atoms with E-state index in [2.05, 4.69) is 33.4 Å². The Morgan fingerprint density at radius 3 is 2.58 bits per heavy atom. The monoisotopic (exact) mass is 496 g/mol. The topological polar surface area (TPSA) is 59.6 Å². The number of hydroxylamine groups is 1. The fourth-order valence-corrected chi connectivity index (χ4v) is 2.89. The van der Waals surface area contributed by atoms with Crippen molar-refractivity contribution in [1.82, 2.24) is 5.48 Å². The summed E-state index contributed by atoms with van der Waals surface area (Å²) >= 11 is 8.23. The van der Waals surface area contributed by atoms with Crippen molar-refractivity contribution in [2.75, 3.05) is 25.1 Å². The van der Waals surface area contributed by atoms with Gasteiger partial charge in [0.05, 0.1) is 35.2 Å². The van der Waals surface area contributed by atoms with Gasteiger partial charge in [0, 0.05) is 16.2 Å². The Morgan fingerprint density at radius 2 is 1.88 bits per heavy atom. The lowest BCUT2D eigenvalue weighted by Crippen LogP contribution is -2.26. The third-order valence-electron chi connectivity index (χ3n) is 3.20. The van der Waals surface area contributed by atoms with Crippen LogP contribution in [0.3, 0.4) is 0 Å². The number of carbonyl (C=O) groups is 1. The largest absolute Gasteiger partial charge is 0.379 e. The second kappa shape index (κ2) is 10.0. The van der Waals surface area contributed by atoms with Gasteiger partial charge in [0.15, 0.2) is 11.6 Å². The lowest BCUT2D eigenvalue weighted by Gasteiger charge is -2.14. The fourth-order valence-electron chi connectivity index (χ4n) is 1.99. The van der Waals surface area contributed by atoms with Gasteiger partial charge in [-0.2, -0.15) is 0 Å². The normalized spacial score (nSPS) is 10.7. The summed E-state index contributed by atoms with van der Waals surface area (Å²) in [6.45, 7) is 2.76. The van der Waals surface area contributed by atoms with Crippen LogP contribution in [0.15, 0.2) is 30.3 Å². The molecule has 140 valence electrons. The number of halogens is 4. The predicted molar refractivity (Wildman–Crippen MR) is 104 cm³/mol. The molecule has 2 aromatic rings. The lowest BCUT2D eigenvalue weighted by atomic mass is 10.1. The summed E-state index contributed by atoms with van der Waals surface area (Å²) in [5, 5.41) is 3.22. The number of rotatable bonds is 8. The van der Waals surface area contributed by atoms with Crippen molar-refractivity contribution >= 4 is 51.5 Å². The zero-order chi connectivity index (χ0) is 19.1. The number of hydrogen-bond donors (Lipinski definition) is 2. The van der Waals surface area contributed by atoms with Crippen LogP contribution in [-0.4, -0.2) is 25.7 Å². The molecular weight excluding hydrogens is 481 g/mol. The smallest absolute Gasteiger partial charge is 0.277 e. The Kier molecular flexibility index (Phi) is 8.01. The maximum atomic E-state index is 13.7. The van der Waals surface area contributed by atoms with Crippen LogP contribution in [0.5, 0.6) is 0 Å². The Hall–Kier alpha value is -1.49. The molecule has 0 saturated carbocycles. The minimum absolute atomic E-state index is 0.0536. The summed E-state index contributed by atoms with van der Waals surface area (Å²) in [5.74, 6) is -2.98. The SMILES string of the molecule is CCOCCONC(=O)c1cc(F)c(F)cc1Nc1ccc(I)cc1Cl. The minimum Gasteiger partial charge on any atom is -0.379 e. The van der Waals surface area contributed by atoms with Crippen LogP contribution in [0.4, 0.5) is 20.2 Å². The highest BCUT2D eigenvalue weighted by atomic mass is 127. The number of ether oxygens (including phenoxy) is 1. The minimum atomic E-state index is -1.15. The molecule has 0 radical (unpaired) electrons. The number of nitrogens with one attached hydrogen (secondary N) is 2. The van der Waals surface area contributed by atoms with E-state index in [4.69, 9.17) is 21.2 Å². The van der Waals surface area contributed by atoms with Gasteiger partial charge in [-0.05, 0) is 53.8 Å². The molecule has 1 amide bonds. The fraction of sp³-hybridized carbons (Fsp3) is 0.235. The number of anilines is 2. The molecule has 0 fully saturated rings. The second-order valence-corrected chi connectivity index (χ2v) is 6.69. The molecule has 0 unspecified atom stereocenters. The second-order valence-electron chi connectivity index (χ2n) is 5.04. The summed E-state index contributed by atoms with van der Waals surface area (Å²) in [6.07, 6.45) is 0. The first kappa shape index (κ1) is 20.8. The predicted octanol–water partition coefficient (Wildman–Crippen LogP) is 4.66. The van der Waals surface area contributed by atoms with Gasteiger partial charge in [0.25, 0.3) is 5.91 Å². The number of carbonyl (C=O) groups excluding carboxylic acids is 1. The van der Waals surface area contributed by atoms with E-state index in [1.807, 2.05) is 6.92 Å². The van der Waals surface area contributed by atoms with E-state index in [1.54, 1.807) is 18.2 Å². The van der Waals surface area contributed by atoms with E-state index in [-0.39, 0.29) is 24.5 Å². The third-order valence-corrected chi connectivity index (χ3v) is 4.19. The zero-order valence-corrected chi connectivity index (χ0v) is 16.7. The Labute approximate surface area is 168 Å². The van der Waals surface area contributed by atoms with Crippen molar-refractivity contribution in [3.63, 3.8) is 0 Å². The van der Waals surface area contributed by atoms with Gasteiger partial charge < -0.3 is 10.1 Å². The molecule has 0 aromatic heterocycles.